The van der Waals surface area contributed by atoms with Crippen molar-refractivity contribution in [3.63, 3.8) is 0 Å². The fraction of sp³-hybridized carbons (Fsp3) is 0.154. The number of alkyl halides is 1. The summed E-state index contributed by atoms with van der Waals surface area (Å²) in [5, 5.41) is 1.82. The van der Waals surface area contributed by atoms with Gasteiger partial charge in [-0.15, -0.1) is 0 Å². The van der Waals surface area contributed by atoms with Crippen LogP contribution < -0.4 is 10.5 Å². The maximum absolute atomic E-state index is 12.0. The normalized spacial score (nSPS) is 10.4. The molecule has 0 aliphatic carbocycles. The first kappa shape index (κ1) is 11.4. The summed E-state index contributed by atoms with van der Waals surface area (Å²) in [6.45, 7) is -0.469. The van der Waals surface area contributed by atoms with E-state index >= 15 is 0 Å². The lowest BCUT2D eigenvalue weighted by molar-refractivity contribution is 0.100. The lowest BCUT2D eigenvalue weighted by Crippen LogP contribution is -2.10. The summed E-state index contributed by atoms with van der Waals surface area (Å²) in [5.41, 5.74) is 5.66. The first-order valence-electron chi connectivity index (χ1n) is 5.23. The van der Waals surface area contributed by atoms with Crippen molar-refractivity contribution in [2.24, 2.45) is 5.73 Å². The minimum atomic E-state index is -0.515. The number of primary amides is 1. The van der Waals surface area contributed by atoms with E-state index in [0.717, 1.165) is 10.8 Å². The molecule has 88 valence electrons. The predicted octanol–water partition coefficient (Wildman–Crippen LogP) is 2.29. The van der Waals surface area contributed by atoms with Gasteiger partial charge in [0.25, 0.3) is 0 Å². The summed E-state index contributed by atoms with van der Waals surface area (Å²) < 4.78 is 17.1. The fourth-order valence-corrected chi connectivity index (χ4v) is 1.62. The van der Waals surface area contributed by atoms with Crippen LogP contribution in [0, 0.1) is 0 Å². The van der Waals surface area contributed by atoms with E-state index in [1.54, 1.807) is 30.3 Å². The lowest BCUT2D eigenvalue weighted by Gasteiger charge is -2.05. The number of rotatable bonds is 4. The van der Waals surface area contributed by atoms with E-state index in [2.05, 4.69) is 0 Å². The van der Waals surface area contributed by atoms with Gasteiger partial charge in [-0.25, -0.2) is 4.39 Å². The molecular formula is C13H12FNO2. The highest BCUT2D eigenvalue weighted by Crippen LogP contribution is 2.22. The average Bonchev–Trinajstić information content (AvgIpc) is 2.35. The lowest BCUT2D eigenvalue weighted by atomic mass is 10.1. The largest absolute Gasteiger partial charge is 0.491 e. The van der Waals surface area contributed by atoms with Crippen LogP contribution in [-0.4, -0.2) is 19.2 Å². The first-order valence-corrected chi connectivity index (χ1v) is 5.23. The Kier molecular flexibility index (Phi) is 3.23. The molecule has 0 atom stereocenters. The van der Waals surface area contributed by atoms with Crippen molar-refractivity contribution in [3.8, 4) is 5.75 Å². The minimum Gasteiger partial charge on any atom is -0.491 e. The van der Waals surface area contributed by atoms with Crippen LogP contribution in [0.5, 0.6) is 5.75 Å². The highest BCUT2D eigenvalue weighted by atomic mass is 19.1. The molecule has 0 aliphatic rings. The molecule has 2 N–H and O–H groups in total. The van der Waals surface area contributed by atoms with Crippen LogP contribution in [0.15, 0.2) is 36.4 Å². The molecule has 0 bridgehead atoms. The molecule has 0 saturated heterocycles. The minimum absolute atomic E-state index is 0.0465. The molecule has 4 heteroatoms. The molecule has 0 fully saturated rings. The van der Waals surface area contributed by atoms with Crippen LogP contribution in [-0.2, 0) is 0 Å². The summed E-state index contributed by atoms with van der Waals surface area (Å²) in [5.74, 6) is 0.159. The summed E-state index contributed by atoms with van der Waals surface area (Å²) in [6, 6.07) is 10.5. The Labute approximate surface area is 98.0 Å². The molecular weight excluding hydrogens is 221 g/mol. The molecule has 0 aliphatic heterocycles. The van der Waals surface area contributed by atoms with Crippen molar-refractivity contribution >= 4 is 16.7 Å². The van der Waals surface area contributed by atoms with Gasteiger partial charge in [0.2, 0.25) is 5.91 Å². The van der Waals surface area contributed by atoms with Crippen molar-refractivity contribution < 1.29 is 13.9 Å². The first-order chi connectivity index (χ1) is 8.20. The molecule has 0 unspecified atom stereocenters. The second kappa shape index (κ2) is 4.82. The van der Waals surface area contributed by atoms with Crippen molar-refractivity contribution in [1.82, 2.24) is 0 Å². The zero-order chi connectivity index (χ0) is 12.3. The highest BCUT2D eigenvalue weighted by molar-refractivity contribution is 5.97. The van der Waals surface area contributed by atoms with Crippen LogP contribution in [0.25, 0.3) is 10.8 Å². The van der Waals surface area contributed by atoms with E-state index in [1.807, 2.05) is 6.07 Å². The molecule has 2 aromatic rings. The number of nitrogens with two attached hydrogens (primary N) is 1. The van der Waals surface area contributed by atoms with Gasteiger partial charge < -0.3 is 10.5 Å². The van der Waals surface area contributed by atoms with Crippen LogP contribution in [0.3, 0.4) is 0 Å². The summed E-state index contributed by atoms with van der Waals surface area (Å²) in [4.78, 5) is 11.0. The number of hydrogen-bond acceptors (Lipinski definition) is 2. The zero-order valence-electron chi connectivity index (χ0n) is 9.15. The number of fused-ring (bicyclic) bond motifs is 1. The maximum Gasteiger partial charge on any atom is 0.248 e. The van der Waals surface area contributed by atoms with Gasteiger partial charge in [-0.2, -0.15) is 0 Å². The summed E-state index contributed by atoms with van der Waals surface area (Å²) in [7, 11) is 0. The fourth-order valence-electron chi connectivity index (χ4n) is 1.62. The number of halogens is 1. The van der Waals surface area contributed by atoms with E-state index in [0.29, 0.717) is 11.3 Å². The number of carbonyl (C=O) groups excluding carboxylic acids is 1. The molecule has 0 aromatic heterocycles. The quantitative estimate of drug-likeness (QED) is 0.880. The zero-order valence-corrected chi connectivity index (χ0v) is 9.15. The van der Waals surface area contributed by atoms with E-state index in [4.69, 9.17) is 10.5 Å². The Balaban J connectivity index is 2.36. The molecule has 17 heavy (non-hydrogen) atoms. The molecule has 0 spiro atoms. The Bertz CT molecular complexity index is 554. The monoisotopic (exact) mass is 233 g/mol. The third kappa shape index (κ3) is 2.53. The van der Waals surface area contributed by atoms with Crippen molar-refractivity contribution in [2.45, 2.75) is 0 Å². The van der Waals surface area contributed by atoms with Crippen LogP contribution in [0.2, 0.25) is 0 Å². The maximum atomic E-state index is 12.0. The highest BCUT2D eigenvalue weighted by Gasteiger charge is 2.02. The molecule has 2 aromatic carbocycles. The van der Waals surface area contributed by atoms with Gasteiger partial charge in [0.1, 0.15) is 19.0 Å². The number of ether oxygens (including phenoxy) is 1. The number of hydrogen-bond donors (Lipinski definition) is 1. The molecule has 2 rings (SSSR count). The summed E-state index contributed by atoms with van der Waals surface area (Å²) >= 11 is 0. The molecule has 0 radical (unpaired) electrons. The number of carbonyl (C=O) groups is 1. The number of benzene rings is 2. The second-order valence-electron chi connectivity index (χ2n) is 3.63. The SMILES string of the molecule is NC(=O)c1ccc2cc(OCCF)ccc2c1. The van der Waals surface area contributed by atoms with E-state index < -0.39 is 12.6 Å². The van der Waals surface area contributed by atoms with Gasteiger partial charge in [0.15, 0.2) is 0 Å². The average molecular weight is 233 g/mol. The van der Waals surface area contributed by atoms with Crippen molar-refractivity contribution in [1.29, 1.82) is 0 Å². The third-order valence-corrected chi connectivity index (χ3v) is 2.44. The molecule has 0 saturated carbocycles. The standard InChI is InChI=1S/C13H12FNO2/c14-5-6-17-12-4-3-9-7-11(13(15)16)2-1-10(9)8-12/h1-4,7-8H,5-6H2,(H2,15,16). The Hall–Kier alpha value is -2.10. The predicted molar refractivity (Wildman–Crippen MR) is 63.9 cm³/mol. The topological polar surface area (TPSA) is 52.3 Å². The van der Waals surface area contributed by atoms with E-state index in [1.165, 1.54) is 0 Å². The van der Waals surface area contributed by atoms with Crippen molar-refractivity contribution in [3.05, 3.63) is 42.0 Å². The van der Waals surface area contributed by atoms with Gasteiger partial charge in [0, 0.05) is 5.56 Å². The van der Waals surface area contributed by atoms with Crippen LogP contribution in [0.4, 0.5) is 4.39 Å². The second-order valence-corrected chi connectivity index (χ2v) is 3.63. The van der Waals surface area contributed by atoms with Gasteiger partial charge in [0.05, 0.1) is 0 Å². The smallest absolute Gasteiger partial charge is 0.248 e. The van der Waals surface area contributed by atoms with Gasteiger partial charge in [-0.3, -0.25) is 4.79 Å². The Morgan fingerprint density at radius 3 is 2.59 bits per heavy atom. The van der Waals surface area contributed by atoms with E-state index in [-0.39, 0.29) is 6.61 Å². The van der Waals surface area contributed by atoms with Crippen LogP contribution >= 0.6 is 0 Å². The van der Waals surface area contributed by atoms with Gasteiger partial charge >= 0.3 is 0 Å². The summed E-state index contributed by atoms with van der Waals surface area (Å²) in [6.07, 6.45) is 0. The molecule has 1 amide bonds. The molecule has 0 heterocycles. The Morgan fingerprint density at radius 1 is 1.18 bits per heavy atom. The van der Waals surface area contributed by atoms with Crippen LogP contribution in [0.1, 0.15) is 10.4 Å². The van der Waals surface area contributed by atoms with E-state index in [9.17, 15) is 9.18 Å². The van der Waals surface area contributed by atoms with Gasteiger partial charge in [-0.1, -0.05) is 12.1 Å². The Morgan fingerprint density at radius 2 is 1.88 bits per heavy atom. The third-order valence-electron chi connectivity index (χ3n) is 2.44. The van der Waals surface area contributed by atoms with Gasteiger partial charge in [-0.05, 0) is 35.0 Å². The van der Waals surface area contributed by atoms with Crippen molar-refractivity contribution in [2.75, 3.05) is 13.3 Å². The molecule has 3 nitrogen and oxygen atoms in total. The number of amides is 1.